The maximum atomic E-state index is 12.4. The van der Waals surface area contributed by atoms with Gasteiger partial charge in [0.2, 0.25) is 5.91 Å². The van der Waals surface area contributed by atoms with Gasteiger partial charge in [-0.05, 0) is 77.9 Å². The van der Waals surface area contributed by atoms with Crippen molar-refractivity contribution < 1.29 is 4.79 Å². The number of benzene rings is 2. The summed E-state index contributed by atoms with van der Waals surface area (Å²) in [4.78, 5) is 14.7. The molecule has 23 heavy (non-hydrogen) atoms. The first-order chi connectivity index (χ1) is 11.1. The van der Waals surface area contributed by atoms with Crippen LogP contribution in [-0.2, 0) is 4.79 Å². The van der Waals surface area contributed by atoms with Crippen LogP contribution in [0.2, 0.25) is 5.02 Å². The van der Waals surface area contributed by atoms with Crippen molar-refractivity contribution in [1.29, 1.82) is 0 Å². The van der Waals surface area contributed by atoms with E-state index in [1.807, 2.05) is 42.5 Å². The minimum atomic E-state index is 0.0738. The third-order valence-electron chi connectivity index (χ3n) is 4.15. The largest absolute Gasteiger partial charge is 0.371 e. The molecule has 0 bridgehead atoms. The molecule has 1 heterocycles. The van der Waals surface area contributed by atoms with E-state index >= 15 is 0 Å². The molecule has 2 aromatic rings. The quantitative estimate of drug-likeness (QED) is 0.696. The van der Waals surface area contributed by atoms with Crippen molar-refractivity contribution in [2.75, 3.05) is 23.3 Å². The lowest BCUT2D eigenvalue weighted by atomic mass is 9.95. The van der Waals surface area contributed by atoms with Gasteiger partial charge >= 0.3 is 0 Å². The van der Waals surface area contributed by atoms with E-state index in [4.69, 9.17) is 11.6 Å². The number of piperidine rings is 1. The second-order valence-corrected chi connectivity index (χ2v) is 7.42. The highest BCUT2D eigenvalue weighted by atomic mass is 127. The molecular weight excluding hydrogens is 423 g/mol. The number of nitrogens with one attached hydrogen (secondary N) is 1. The van der Waals surface area contributed by atoms with Crippen molar-refractivity contribution in [3.63, 3.8) is 0 Å². The fourth-order valence-electron chi connectivity index (χ4n) is 2.85. The molecule has 1 saturated heterocycles. The van der Waals surface area contributed by atoms with E-state index in [-0.39, 0.29) is 11.8 Å². The second kappa shape index (κ2) is 7.53. The molecule has 3 rings (SSSR count). The highest BCUT2D eigenvalue weighted by Crippen LogP contribution is 2.26. The maximum absolute atomic E-state index is 12.4. The Morgan fingerprint density at radius 3 is 2.48 bits per heavy atom. The van der Waals surface area contributed by atoms with Crippen LogP contribution in [0.25, 0.3) is 0 Å². The van der Waals surface area contributed by atoms with Crippen molar-refractivity contribution in [3.8, 4) is 0 Å². The Labute approximate surface area is 155 Å². The number of rotatable bonds is 3. The maximum Gasteiger partial charge on any atom is 0.227 e. The molecule has 1 aliphatic heterocycles. The van der Waals surface area contributed by atoms with Crippen LogP contribution in [0.4, 0.5) is 11.4 Å². The van der Waals surface area contributed by atoms with E-state index in [1.165, 1.54) is 0 Å². The Morgan fingerprint density at radius 1 is 1.13 bits per heavy atom. The smallest absolute Gasteiger partial charge is 0.227 e. The van der Waals surface area contributed by atoms with Crippen molar-refractivity contribution in [2.45, 2.75) is 12.8 Å². The van der Waals surface area contributed by atoms with Crippen LogP contribution in [0.3, 0.4) is 0 Å². The summed E-state index contributed by atoms with van der Waals surface area (Å²) in [6, 6.07) is 15.8. The lowest BCUT2D eigenvalue weighted by Crippen LogP contribution is -2.38. The molecule has 0 atom stereocenters. The van der Waals surface area contributed by atoms with E-state index in [0.717, 1.165) is 45.9 Å². The van der Waals surface area contributed by atoms with E-state index < -0.39 is 0 Å². The van der Waals surface area contributed by atoms with Crippen LogP contribution in [0.15, 0.2) is 48.5 Å². The normalized spacial score (nSPS) is 15.5. The molecule has 1 N–H and O–H groups in total. The lowest BCUT2D eigenvalue weighted by Gasteiger charge is -2.33. The third-order valence-corrected chi connectivity index (χ3v) is 5.11. The Kier molecular flexibility index (Phi) is 5.43. The number of carbonyl (C=O) groups is 1. The summed E-state index contributed by atoms with van der Waals surface area (Å²) in [5.74, 6) is 0.196. The topological polar surface area (TPSA) is 32.3 Å². The Balaban J connectivity index is 1.56. The molecule has 0 unspecified atom stereocenters. The SMILES string of the molecule is O=C(Nc1ccc(I)cc1)C1CCN(c2cccc(Cl)c2)CC1. The Morgan fingerprint density at radius 2 is 1.83 bits per heavy atom. The molecule has 120 valence electrons. The first-order valence-corrected chi connectivity index (χ1v) is 9.14. The number of hydrogen-bond donors (Lipinski definition) is 1. The van der Waals surface area contributed by atoms with Gasteiger partial charge in [-0.1, -0.05) is 17.7 Å². The molecule has 3 nitrogen and oxygen atoms in total. The molecule has 0 aromatic heterocycles. The molecule has 0 saturated carbocycles. The van der Waals surface area contributed by atoms with Gasteiger partial charge in [0.05, 0.1) is 0 Å². The van der Waals surface area contributed by atoms with Crippen LogP contribution >= 0.6 is 34.2 Å². The van der Waals surface area contributed by atoms with Gasteiger partial charge in [0.15, 0.2) is 0 Å². The molecular formula is C18H18ClIN2O. The minimum Gasteiger partial charge on any atom is -0.371 e. The Hall–Kier alpha value is -1.27. The van der Waals surface area contributed by atoms with Gasteiger partial charge in [-0.3, -0.25) is 4.79 Å². The predicted molar refractivity (Wildman–Crippen MR) is 104 cm³/mol. The number of hydrogen-bond acceptors (Lipinski definition) is 2. The molecule has 1 amide bonds. The summed E-state index contributed by atoms with van der Waals surface area (Å²) in [5.41, 5.74) is 2.00. The van der Waals surface area contributed by atoms with Crippen molar-refractivity contribution in [1.82, 2.24) is 0 Å². The van der Waals surface area contributed by atoms with Crippen molar-refractivity contribution in [3.05, 3.63) is 57.1 Å². The number of nitrogens with zero attached hydrogens (tertiary/aromatic N) is 1. The van der Waals surface area contributed by atoms with Crippen LogP contribution in [-0.4, -0.2) is 19.0 Å². The molecule has 0 radical (unpaired) electrons. The zero-order valence-electron chi connectivity index (χ0n) is 12.6. The predicted octanol–water partition coefficient (Wildman–Crippen LogP) is 4.80. The first kappa shape index (κ1) is 16.6. The van der Waals surface area contributed by atoms with Gasteiger partial charge in [0, 0.05) is 39.0 Å². The fourth-order valence-corrected chi connectivity index (χ4v) is 3.39. The molecule has 2 aromatic carbocycles. The standard InChI is InChI=1S/C18H18ClIN2O/c19-14-2-1-3-17(12-14)22-10-8-13(9-11-22)18(23)21-16-6-4-15(20)5-7-16/h1-7,12-13H,8-11H2,(H,21,23). The summed E-state index contributed by atoms with van der Waals surface area (Å²) in [7, 11) is 0. The molecule has 1 aliphatic rings. The highest BCUT2D eigenvalue weighted by molar-refractivity contribution is 14.1. The second-order valence-electron chi connectivity index (χ2n) is 5.74. The van der Waals surface area contributed by atoms with Crippen LogP contribution in [0.1, 0.15) is 12.8 Å². The Bertz CT molecular complexity index is 682. The van der Waals surface area contributed by atoms with Crippen LogP contribution in [0.5, 0.6) is 0 Å². The summed E-state index contributed by atoms with van der Waals surface area (Å²) in [6.45, 7) is 1.76. The number of halogens is 2. The number of anilines is 2. The van der Waals surface area contributed by atoms with E-state index in [0.29, 0.717) is 0 Å². The average Bonchev–Trinajstić information content (AvgIpc) is 2.57. The monoisotopic (exact) mass is 440 g/mol. The molecule has 5 heteroatoms. The van der Waals surface area contributed by atoms with E-state index in [1.54, 1.807) is 0 Å². The first-order valence-electron chi connectivity index (χ1n) is 7.69. The van der Waals surface area contributed by atoms with Gasteiger partial charge in [0.1, 0.15) is 0 Å². The van der Waals surface area contributed by atoms with Crippen LogP contribution in [0, 0.1) is 9.49 Å². The van der Waals surface area contributed by atoms with Crippen molar-refractivity contribution in [2.24, 2.45) is 5.92 Å². The van der Waals surface area contributed by atoms with Crippen molar-refractivity contribution >= 4 is 51.5 Å². The summed E-state index contributed by atoms with van der Waals surface area (Å²) in [5, 5.41) is 3.77. The molecule has 0 spiro atoms. The summed E-state index contributed by atoms with van der Waals surface area (Å²) in [6.07, 6.45) is 1.73. The summed E-state index contributed by atoms with van der Waals surface area (Å²) < 4.78 is 1.16. The highest BCUT2D eigenvalue weighted by Gasteiger charge is 2.25. The number of amides is 1. The average molecular weight is 441 g/mol. The van der Waals surface area contributed by atoms with E-state index in [9.17, 15) is 4.79 Å². The summed E-state index contributed by atoms with van der Waals surface area (Å²) >= 11 is 8.31. The van der Waals surface area contributed by atoms with Gasteiger partial charge in [0.25, 0.3) is 0 Å². The third kappa shape index (κ3) is 4.38. The fraction of sp³-hybridized carbons (Fsp3) is 0.278. The van der Waals surface area contributed by atoms with Gasteiger partial charge < -0.3 is 10.2 Å². The van der Waals surface area contributed by atoms with E-state index in [2.05, 4.69) is 38.9 Å². The molecule has 1 fully saturated rings. The number of carbonyl (C=O) groups excluding carboxylic acids is 1. The van der Waals surface area contributed by atoms with Gasteiger partial charge in [-0.15, -0.1) is 0 Å². The zero-order chi connectivity index (χ0) is 16.2. The van der Waals surface area contributed by atoms with Crippen LogP contribution < -0.4 is 10.2 Å². The zero-order valence-corrected chi connectivity index (χ0v) is 15.5. The van der Waals surface area contributed by atoms with Gasteiger partial charge in [-0.2, -0.15) is 0 Å². The van der Waals surface area contributed by atoms with Gasteiger partial charge in [-0.25, -0.2) is 0 Å². The minimum absolute atomic E-state index is 0.0738. The lowest BCUT2D eigenvalue weighted by molar-refractivity contribution is -0.120. The molecule has 0 aliphatic carbocycles.